The molecule has 0 amide bonds. The Labute approximate surface area is 112 Å². The maximum absolute atomic E-state index is 12.7. The predicted octanol–water partition coefficient (Wildman–Crippen LogP) is 3.01. The molecule has 20 heavy (non-hydrogen) atoms. The fraction of sp³-hybridized carbons (Fsp3) is 0. The van der Waals surface area contributed by atoms with E-state index in [4.69, 9.17) is 14.9 Å². The van der Waals surface area contributed by atoms with E-state index in [-0.39, 0.29) is 16.9 Å². The van der Waals surface area contributed by atoms with E-state index in [2.05, 4.69) is 0 Å². The third-order valence-corrected chi connectivity index (χ3v) is 2.50. The lowest BCUT2D eigenvalue weighted by Crippen LogP contribution is -2.07. The molecule has 0 aliphatic rings. The number of benzene rings is 2. The third kappa shape index (κ3) is 2.92. The highest BCUT2D eigenvalue weighted by atomic mass is 19.1. The molecule has 0 radical (unpaired) electrons. The highest BCUT2D eigenvalue weighted by molar-refractivity contribution is 6.02. The topological polar surface area (TPSA) is 83.8 Å². The van der Waals surface area contributed by atoms with E-state index in [0.717, 1.165) is 12.1 Å². The van der Waals surface area contributed by atoms with Crippen molar-refractivity contribution in [3.05, 3.63) is 59.4 Å². The van der Waals surface area contributed by atoms with Crippen LogP contribution in [0.1, 0.15) is 20.7 Å². The number of aromatic carboxylic acids is 2. The number of carbonyl (C=O) groups is 2. The van der Waals surface area contributed by atoms with Gasteiger partial charge in [0.05, 0.1) is 11.1 Å². The van der Waals surface area contributed by atoms with Crippen LogP contribution in [0.25, 0.3) is 0 Å². The lowest BCUT2D eigenvalue weighted by atomic mass is 10.1. The van der Waals surface area contributed by atoms with E-state index in [9.17, 15) is 14.0 Å². The molecule has 0 atom stereocenters. The number of carboxylic acids is 2. The highest BCUT2D eigenvalue weighted by Gasteiger charge is 2.17. The number of hydrogen-bond donors (Lipinski definition) is 2. The first-order valence-electron chi connectivity index (χ1n) is 5.51. The molecule has 0 bridgehead atoms. The molecule has 2 aromatic rings. The van der Waals surface area contributed by atoms with Crippen LogP contribution < -0.4 is 4.74 Å². The molecule has 102 valence electrons. The number of ether oxygens (including phenoxy) is 1. The van der Waals surface area contributed by atoms with Gasteiger partial charge in [-0.05, 0) is 42.5 Å². The Morgan fingerprint density at radius 3 is 1.95 bits per heavy atom. The standard InChI is InChI=1S/C14H9FO5/c15-8-1-3-9(4-2-8)20-10-5-6-11(13(16)17)12(7-10)14(18)19/h1-7H,(H,16,17)(H,18,19). The van der Waals surface area contributed by atoms with Crippen LogP contribution in [0, 0.1) is 5.82 Å². The minimum atomic E-state index is -1.37. The molecule has 0 unspecified atom stereocenters. The first-order chi connectivity index (χ1) is 9.47. The fourth-order valence-corrected chi connectivity index (χ4v) is 1.59. The first kappa shape index (κ1) is 13.5. The molecular formula is C14H9FO5. The van der Waals surface area contributed by atoms with E-state index in [1.165, 1.54) is 30.3 Å². The third-order valence-electron chi connectivity index (χ3n) is 2.50. The van der Waals surface area contributed by atoms with Crippen molar-refractivity contribution >= 4 is 11.9 Å². The van der Waals surface area contributed by atoms with Crippen LogP contribution in [0.3, 0.4) is 0 Å². The average Bonchev–Trinajstić information content (AvgIpc) is 2.41. The second-order valence-electron chi connectivity index (χ2n) is 3.87. The lowest BCUT2D eigenvalue weighted by Gasteiger charge is -2.08. The summed E-state index contributed by atoms with van der Waals surface area (Å²) in [6.45, 7) is 0. The van der Waals surface area contributed by atoms with Gasteiger partial charge in [0.15, 0.2) is 0 Å². The van der Waals surface area contributed by atoms with Gasteiger partial charge in [0.2, 0.25) is 0 Å². The van der Waals surface area contributed by atoms with Gasteiger partial charge in [-0.15, -0.1) is 0 Å². The van der Waals surface area contributed by atoms with Crippen molar-refractivity contribution in [2.45, 2.75) is 0 Å². The van der Waals surface area contributed by atoms with Crippen LogP contribution in [0.15, 0.2) is 42.5 Å². The maximum atomic E-state index is 12.7. The van der Waals surface area contributed by atoms with E-state index < -0.39 is 17.8 Å². The van der Waals surface area contributed by atoms with Crippen molar-refractivity contribution in [2.24, 2.45) is 0 Å². The van der Waals surface area contributed by atoms with Gasteiger partial charge in [-0.1, -0.05) is 0 Å². The smallest absolute Gasteiger partial charge is 0.336 e. The Balaban J connectivity index is 2.34. The monoisotopic (exact) mass is 276 g/mol. The van der Waals surface area contributed by atoms with E-state index in [1.54, 1.807) is 0 Å². The Bertz CT molecular complexity index is 664. The quantitative estimate of drug-likeness (QED) is 0.896. The summed E-state index contributed by atoms with van der Waals surface area (Å²) in [7, 11) is 0. The van der Waals surface area contributed by atoms with Crippen molar-refractivity contribution in [3.8, 4) is 11.5 Å². The maximum Gasteiger partial charge on any atom is 0.336 e. The molecule has 0 aliphatic heterocycles. The molecule has 2 aromatic carbocycles. The largest absolute Gasteiger partial charge is 0.478 e. The van der Waals surface area contributed by atoms with Crippen molar-refractivity contribution in [3.63, 3.8) is 0 Å². The zero-order chi connectivity index (χ0) is 14.7. The van der Waals surface area contributed by atoms with Crippen LogP contribution in [0.4, 0.5) is 4.39 Å². The van der Waals surface area contributed by atoms with E-state index in [0.29, 0.717) is 5.75 Å². The van der Waals surface area contributed by atoms with Crippen molar-refractivity contribution in [1.82, 2.24) is 0 Å². The number of carboxylic acid groups (broad SMARTS) is 2. The molecule has 0 fully saturated rings. The lowest BCUT2D eigenvalue weighted by molar-refractivity contribution is 0.0651. The highest BCUT2D eigenvalue weighted by Crippen LogP contribution is 2.24. The Hall–Kier alpha value is -2.89. The number of hydrogen-bond acceptors (Lipinski definition) is 3. The summed E-state index contributed by atoms with van der Waals surface area (Å²) in [5, 5.41) is 17.9. The Kier molecular flexibility index (Phi) is 3.65. The van der Waals surface area contributed by atoms with Gasteiger partial charge < -0.3 is 14.9 Å². The van der Waals surface area contributed by atoms with Crippen molar-refractivity contribution in [1.29, 1.82) is 0 Å². The molecular weight excluding hydrogens is 267 g/mol. The van der Waals surface area contributed by atoms with Crippen LogP contribution in [0.2, 0.25) is 0 Å². The van der Waals surface area contributed by atoms with Crippen LogP contribution in [-0.2, 0) is 0 Å². The van der Waals surface area contributed by atoms with Crippen LogP contribution in [0.5, 0.6) is 11.5 Å². The summed E-state index contributed by atoms with van der Waals surface area (Å²) in [4.78, 5) is 21.9. The summed E-state index contributed by atoms with van der Waals surface area (Å²) >= 11 is 0. The second-order valence-corrected chi connectivity index (χ2v) is 3.87. The molecule has 0 spiro atoms. The zero-order valence-electron chi connectivity index (χ0n) is 10.0. The van der Waals surface area contributed by atoms with Gasteiger partial charge in [-0.2, -0.15) is 0 Å². The number of halogens is 1. The van der Waals surface area contributed by atoms with Crippen molar-refractivity contribution in [2.75, 3.05) is 0 Å². The van der Waals surface area contributed by atoms with Crippen LogP contribution in [-0.4, -0.2) is 22.2 Å². The van der Waals surface area contributed by atoms with Gasteiger partial charge in [-0.25, -0.2) is 14.0 Å². The normalized spacial score (nSPS) is 10.1. The van der Waals surface area contributed by atoms with Gasteiger partial charge in [-0.3, -0.25) is 0 Å². The molecule has 0 aliphatic carbocycles. The molecule has 5 nitrogen and oxygen atoms in total. The first-order valence-corrected chi connectivity index (χ1v) is 5.51. The minimum Gasteiger partial charge on any atom is -0.478 e. The second kappa shape index (κ2) is 5.40. The molecule has 0 aromatic heterocycles. The van der Waals surface area contributed by atoms with E-state index in [1.807, 2.05) is 0 Å². The average molecular weight is 276 g/mol. The summed E-state index contributed by atoms with van der Waals surface area (Å²) in [6.07, 6.45) is 0. The molecule has 6 heteroatoms. The molecule has 0 saturated carbocycles. The zero-order valence-corrected chi connectivity index (χ0v) is 10.0. The summed E-state index contributed by atoms with van der Waals surface area (Å²) in [6, 6.07) is 8.72. The van der Waals surface area contributed by atoms with Gasteiger partial charge in [0, 0.05) is 0 Å². The number of rotatable bonds is 4. The van der Waals surface area contributed by atoms with E-state index >= 15 is 0 Å². The molecule has 0 saturated heterocycles. The fourth-order valence-electron chi connectivity index (χ4n) is 1.59. The van der Waals surface area contributed by atoms with Gasteiger partial charge in [0.1, 0.15) is 17.3 Å². The summed E-state index contributed by atoms with van der Waals surface area (Å²) in [5.74, 6) is -2.67. The minimum absolute atomic E-state index is 0.152. The Morgan fingerprint density at radius 1 is 0.850 bits per heavy atom. The van der Waals surface area contributed by atoms with Crippen LogP contribution >= 0.6 is 0 Å². The van der Waals surface area contributed by atoms with Gasteiger partial charge >= 0.3 is 11.9 Å². The summed E-state index contributed by atoms with van der Waals surface area (Å²) < 4.78 is 18.1. The SMILES string of the molecule is O=C(O)c1ccc(Oc2ccc(F)cc2)cc1C(=O)O. The summed E-state index contributed by atoms with van der Waals surface area (Å²) in [5.41, 5.74) is -0.707. The molecule has 2 N–H and O–H groups in total. The van der Waals surface area contributed by atoms with Gasteiger partial charge in [0.25, 0.3) is 0 Å². The predicted molar refractivity (Wildman–Crippen MR) is 66.8 cm³/mol. The molecule has 2 rings (SSSR count). The molecule has 0 heterocycles. The van der Waals surface area contributed by atoms with Crippen molar-refractivity contribution < 1.29 is 28.9 Å². The Morgan fingerprint density at radius 2 is 1.40 bits per heavy atom.